The van der Waals surface area contributed by atoms with Crippen molar-refractivity contribution in [2.45, 2.75) is 37.6 Å². The molecule has 1 fully saturated rings. The Bertz CT molecular complexity index is 828. The van der Waals surface area contributed by atoms with Crippen LogP contribution in [0.1, 0.15) is 5.56 Å². The average Bonchev–Trinajstić information content (AvgIpc) is 2.56. The third kappa shape index (κ3) is 3.20. The zero-order chi connectivity index (χ0) is 18.3. The summed E-state index contributed by atoms with van der Waals surface area (Å²) in [5.41, 5.74) is 0.181. The number of aryl methyl sites for hydroxylation is 1. The van der Waals surface area contributed by atoms with Crippen molar-refractivity contribution in [3.63, 3.8) is 0 Å². The molecule has 1 aliphatic rings. The number of benzene rings is 1. The highest BCUT2D eigenvalue weighted by atomic mass is 16.7. The van der Waals surface area contributed by atoms with Crippen molar-refractivity contribution in [3.05, 3.63) is 34.2 Å². The number of aromatic hydroxyl groups is 1. The summed E-state index contributed by atoms with van der Waals surface area (Å²) in [5.74, 6) is -0.466. The van der Waals surface area contributed by atoms with Crippen LogP contribution in [0.25, 0.3) is 11.0 Å². The average molecular weight is 354 g/mol. The molecule has 4 unspecified atom stereocenters. The maximum atomic E-state index is 11.4. The van der Waals surface area contributed by atoms with Crippen LogP contribution in [0.2, 0.25) is 0 Å². The predicted molar refractivity (Wildman–Crippen MR) is 83.3 cm³/mol. The quantitative estimate of drug-likeness (QED) is 0.437. The molecule has 25 heavy (non-hydrogen) atoms. The first-order valence-electron chi connectivity index (χ1n) is 7.56. The van der Waals surface area contributed by atoms with Crippen LogP contribution >= 0.6 is 0 Å². The summed E-state index contributed by atoms with van der Waals surface area (Å²) in [6.07, 6.45) is -7.29. The molecule has 0 spiro atoms. The Kier molecular flexibility index (Phi) is 4.67. The van der Waals surface area contributed by atoms with Crippen LogP contribution in [-0.2, 0) is 4.74 Å². The summed E-state index contributed by atoms with van der Waals surface area (Å²) in [7, 11) is 0. The molecule has 3 rings (SSSR count). The standard InChI is InChI=1S/C16H18O9/c1-6-2-12(19)23-9-4-8(18)10(3-7(6)9)24-16-15(22)14(21)13(20)11(5-17)25-16/h2-4,11,13-18,20-22H,5H2,1H3/t11-,13?,14?,15?,16?/m1/s1. The van der Waals surface area contributed by atoms with E-state index in [4.69, 9.17) is 13.9 Å². The summed E-state index contributed by atoms with van der Waals surface area (Å²) in [4.78, 5) is 11.4. The van der Waals surface area contributed by atoms with Gasteiger partial charge in [0.1, 0.15) is 30.0 Å². The van der Waals surface area contributed by atoms with Crippen LogP contribution in [0.3, 0.4) is 0 Å². The first kappa shape index (κ1) is 17.6. The van der Waals surface area contributed by atoms with E-state index in [1.54, 1.807) is 6.92 Å². The second-order valence-corrected chi connectivity index (χ2v) is 5.88. The van der Waals surface area contributed by atoms with Crippen LogP contribution in [0, 0.1) is 6.92 Å². The number of aliphatic hydroxyl groups excluding tert-OH is 4. The Morgan fingerprint density at radius 1 is 1.12 bits per heavy atom. The highest BCUT2D eigenvalue weighted by Crippen LogP contribution is 2.34. The fourth-order valence-electron chi connectivity index (χ4n) is 2.72. The lowest BCUT2D eigenvalue weighted by molar-refractivity contribution is -0.277. The molecule has 9 nitrogen and oxygen atoms in total. The summed E-state index contributed by atoms with van der Waals surface area (Å²) < 4.78 is 15.6. The SMILES string of the molecule is Cc1cc(=O)oc2cc(O)c(OC3O[C@H](CO)C(O)C(O)C3O)cc12. The molecule has 5 atom stereocenters. The minimum atomic E-state index is -1.61. The van der Waals surface area contributed by atoms with Crippen molar-refractivity contribution < 1.29 is 39.4 Å². The monoisotopic (exact) mass is 354 g/mol. The molecule has 1 saturated heterocycles. The first-order chi connectivity index (χ1) is 11.8. The summed E-state index contributed by atoms with van der Waals surface area (Å²) in [6.45, 7) is 1.08. The molecule has 0 saturated carbocycles. The van der Waals surface area contributed by atoms with Gasteiger partial charge in [-0.25, -0.2) is 4.79 Å². The Labute approximate surface area is 141 Å². The Balaban J connectivity index is 1.94. The zero-order valence-corrected chi connectivity index (χ0v) is 13.2. The Morgan fingerprint density at radius 2 is 1.84 bits per heavy atom. The van der Waals surface area contributed by atoms with Gasteiger partial charge in [-0.05, 0) is 18.6 Å². The van der Waals surface area contributed by atoms with Crippen molar-refractivity contribution in [2.75, 3.05) is 6.61 Å². The molecular weight excluding hydrogens is 336 g/mol. The van der Waals surface area contributed by atoms with Crippen LogP contribution in [-0.4, -0.2) is 62.8 Å². The van der Waals surface area contributed by atoms with Crippen LogP contribution < -0.4 is 10.4 Å². The number of hydrogen-bond donors (Lipinski definition) is 5. The molecule has 5 N–H and O–H groups in total. The normalized spacial score (nSPS) is 29.7. The molecule has 1 aromatic carbocycles. The second-order valence-electron chi connectivity index (χ2n) is 5.88. The third-order valence-corrected chi connectivity index (χ3v) is 4.12. The van der Waals surface area contributed by atoms with Gasteiger partial charge in [-0.15, -0.1) is 0 Å². The van der Waals surface area contributed by atoms with Gasteiger partial charge in [0.05, 0.1) is 6.61 Å². The fraction of sp³-hybridized carbons (Fsp3) is 0.438. The number of ether oxygens (including phenoxy) is 2. The Morgan fingerprint density at radius 3 is 2.52 bits per heavy atom. The van der Waals surface area contributed by atoms with E-state index in [-0.39, 0.29) is 17.1 Å². The van der Waals surface area contributed by atoms with Crippen LogP contribution in [0.4, 0.5) is 0 Å². The van der Waals surface area contributed by atoms with E-state index in [9.17, 15) is 30.3 Å². The van der Waals surface area contributed by atoms with Crippen molar-refractivity contribution in [1.82, 2.24) is 0 Å². The van der Waals surface area contributed by atoms with Crippen LogP contribution in [0.15, 0.2) is 27.4 Å². The lowest BCUT2D eigenvalue weighted by atomic mass is 9.99. The molecule has 9 heteroatoms. The van der Waals surface area contributed by atoms with Gasteiger partial charge in [-0.3, -0.25) is 0 Å². The molecular formula is C16H18O9. The number of rotatable bonds is 3. The van der Waals surface area contributed by atoms with Crippen molar-refractivity contribution in [3.8, 4) is 11.5 Å². The van der Waals surface area contributed by atoms with Gasteiger partial charge in [0.2, 0.25) is 6.29 Å². The van der Waals surface area contributed by atoms with E-state index >= 15 is 0 Å². The summed E-state index contributed by atoms with van der Waals surface area (Å²) in [6, 6.07) is 3.85. The van der Waals surface area contributed by atoms with E-state index in [0.29, 0.717) is 10.9 Å². The zero-order valence-electron chi connectivity index (χ0n) is 13.2. The molecule has 1 aliphatic heterocycles. The molecule has 2 heterocycles. The third-order valence-electron chi connectivity index (χ3n) is 4.12. The molecule has 136 valence electrons. The smallest absolute Gasteiger partial charge is 0.336 e. The number of phenols is 1. The van der Waals surface area contributed by atoms with Crippen molar-refractivity contribution in [1.29, 1.82) is 0 Å². The second kappa shape index (κ2) is 6.62. The van der Waals surface area contributed by atoms with Gasteiger partial charge >= 0.3 is 5.63 Å². The molecule has 1 aromatic heterocycles. The number of aliphatic hydroxyl groups is 4. The largest absolute Gasteiger partial charge is 0.504 e. The van der Waals surface area contributed by atoms with Crippen molar-refractivity contribution in [2.24, 2.45) is 0 Å². The van der Waals surface area contributed by atoms with Gasteiger partial charge in [0.25, 0.3) is 0 Å². The van der Waals surface area contributed by atoms with Crippen LogP contribution in [0.5, 0.6) is 11.5 Å². The minimum absolute atomic E-state index is 0.0891. The summed E-state index contributed by atoms with van der Waals surface area (Å²) >= 11 is 0. The minimum Gasteiger partial charge on any atom is -0.504 e. The highest BCUT2D eigenvalue weighted by Gasteiger charge is 2.44. The van der Waals surface area contributed by atoms with Gasteiger partial charge in [0.15, 0.2) is 11.5 Å². The van der Waals surface area contributed by atoms with E-state index in [2.05, 4.69) is 0 Å². The highest BCUT2D eigenvalue weighted by molar-refractivity contribution is 5.83. The van der Waals surface area contributed by atoms with E-state index < -0.39 is 42.9 Å². The summed E-state index contributed by atoms with van der Waals surface area (Å²) in [5, 5.41) is 49.3. The Hall–Kier alpha value is -2.17. The van der Waals surface area contributed by atoms with E-state index in [1.165, 1.54) is 18.2 Å². The fourth-order valence-corrected chi connectivity index (χ4v) is 2.72. The topological polar surface area (TPSA) is 150 Å². The molecule has 0 radical (unpaired) electrons. The molecule has 2 aromatic rings. The van der Waals surface area contributed by atoms with E-state index in [1.807, 2.05) is 0 Å². The number of hydrogen-bond acceptors (Lipinski definition) is 9. The van der Waals surface area contributed by atoms with Gasteiger partial charge < -0.3 is 39.4 Å². The first-order valence-corrected chi connectivity index (χ1v) is 7.56. The van der Waals surface area contributed by atoms with Crippen molar-refractivity contribution >= 4 is 11.0 Å². The van der Waals surface area contributed by atoms with Gasteiger partial charge in [-0.2, -0.15) is 0 Å². The van der Waals surface area contributed by atoms with E-state index in [0.717, 1.165) is 0 Å². The lowest BCUT2D eigenvalue weighted by Gasteiger charge is -2.39. The number of fused-ring (bicyclic) bond motifs is 1. The molecule has 0 amide bonds. The van der Waals surface area contributed by atoms with Gasteiger partial charge in [0, 0.05) is 17.5 Å². The molecule has 0 bridgehead atoms. The molecule has 0 aliphatic carbocycles. The number of phenolic OH excluding ortho intramolecular Hbond substituents is 1. The lowest BCUT2D eigenvalue weighted by Crippen LogP contribution is -2.60. The maximum Gasteiger partial charge on any atom is 0.336 e. The predicted octanol–water partition coefficient (Wildman–Crippen LogP) is -1.01. The van der Waals surface area contributed by atoms with Gasteiger partial charge in [-0.1, -0.05) is 0 Å². The maximum absolute atomic E-state index is 11.4.